The smallest absolute Gasteiger partial charge is 0.329 e. The quantitative estimate of drug-likeness (QED) is 0.0861. The first-order valence-electron chi connectivity index (χ1n) is 29.5. The highest BCUT2D eigenvalue weighted by Crippen LogP contribution is 2.39. The van der Waals surface area contributed by atoms with Crippen molar-refractivity contribution in [2.24, 2.45) is 35.5 Å². The highest BCUT2D eigenvalue weighted by atomic mass is 28.4. The van der Waals surface area contributed by atoms with Gasteiger partial charge in [0.2, 0.25) is 5.79 Å². The summed E-state index contributed by atoms with van der Waals surface area (Å²) < 4.78 is 76.6. The van der Waals surface area contributed by atoms with Crippen molar-refractivity contribution in [2.75, 3.05) is 41.0 Å². The molecule has 4 rings (SSSR count). The number of esters is 1. The number of cyclic esters (lactones) is 1. The van der Waals surface area contributed by atoms with Gasteiger partial charge in [0, 0.05) is 58.5 Å². The van der Waals surface area contributed by atoms with Crippen LogP contribution in [0.3, 0.4) is 0 Å². The van der Waals surface area contributed by atoms with Gasteiger partial charge in [-0.05, 0) is 125 Å². The summed E-state index contributed by atoms with van der Waals surface area (Å²) in [5.74, 6) is -8.82. The number of piperidine rings is 1. The van der Waals surface area contributed by atoms with Crippen LogP contribution in [0.5, 0.6) is 0 Å². The van der Waals surface area contributed by atoms with Gasteiger partial charge < -0.3 is 48.0 Å². The topological polar surface area (TPSA) is 194 Å². The van der Waals surface area contributed by atoms with Crippen molar-refractivity contribution in [3.8, 4) is 0 Å². The molecule has 1 saturated carbocycles. The molecule has 426 valence electrons. The van der Waals surface area contributed by atoms with Gasteiger partial charge in [0.05, 0.1) is 43.0 Å². The first kappa shape index (κ1) is 58.0. The molecule has 1 aliphatic carbocycles. The fraction of sp³-hybridized carbons (Fsp3) is 0.780. The molecule has 0 aromatic heterocycles. The molecule has 0 aromatic rings. The number of rotatable bonds is 11. The second-order valence-electron chi connectivity index (χ2n) is 23.7. The number of nitrogens with zero attached hydrogens (tertiary/aromatic N) is 1. The fourth-order valence-corrected chi connectivity index (χ4v) is 11.2. The van der Waals surface area contributed by atoms with Crippen molar-refractivity contribution in [3.63, 3.8) is 0 Å². The van der Waals surface area contributed by atoms with E-state index in [1.807, 2.05) is 85.0 Å². The molecule has 4 aliphatic rings. The van der Waals surface area contributed by atoms with Crippen molar-refractivity contribution >= 4 is 37.5 Å². The number of methoxy groups -OCH3 is 3. The van der Waals surface area contributed by atoms with Gasteiger partial charge in [0.25, 0.3) is 11.7 Å². The Morgan fingerprint density at radius 2 is 1.57 bits per heavy atom. The van der Waals surface area contributed by atoms with Crippen molar-refractivity contribution < 1.29 is 72.5 Å². The van der Waals surface area contributed by atoms with Crippen LogP contribution in [0.4, 0.5) is 0 Å². The van der Waals surface area contributed by atoms with Gasteiger partial charge in [-0.3, -0.25) is 19.2 Å². The summed E-state index contributed by atoms with van der Waals surface area (Å²) in [4.78, 5) is 72.9. The van der Waals surface area contributed by atoms with E-state index in [0.717, 1.165) is 10.5 Å². The number of aliphatic hydroxyl groups is 2. The molecule has 0 radical (unpaired) electrons. The van der Waals surface area contributed by atoms with Crippen LogP contribution in [0.25, 0.3) is 0 Å². The van der Waals surface area contributed by atoms with E-state index in [1.165, 1.54) is 14.2 Å². The summed E-state index contributed by atoms with van der Waals surface area (Å²) in [6.45, 7) is 16.4. The molecule has 3 fully saturated rings. The summed E-state index contributed by atoms with van der Waals surface area (Å²) in [6.07, 6.45) is 9.05. The maximum Gasteiger partial charge on any atom is 0.329 e. The second kappa shape index (κ2) is 29.1. The second-order valence-corrected chi connectivity index (χ2v) is 28.5. The zero-order valence-corrected chi connectivity index (χ0v) is 49.0. The lowest BCUT2D eigenvalue weighted by atomic mass is 9.78. The van der Waals surface area contributed by atoms with Crippen molar-refractivity contribution in [3.05, 3.63) is 47.6 Å². The van der Waals surface area contributed by atoms with Crippen molar-refractivity contribution in [2.45, 2.75) is 219 Å². The Morgan fingerprint density at radius 1 is 0.867 bits per heavy atom. The lowest BCUT2D eigenvalue weighted by molar-refractivity contribution is -0.265. The van der Waals surface area contributed by atoms with Gasteiger partial charge in [0.1, 0.15) is 30.1 Å². The third-order valence-electron chi connectivity index (χ3n) is 16.8. The number of hydrogen-bond donors (Lipinski definition) is 2. The van der Waals surface area contributed by atoms with E-state index in [9.17, 15) is 34.2 Å². The fourth-order valence-electron chi connectivity index (χ4n) is 10.6. The molecule has 2 saturated heterocycles. The van der Waals surface area contributed by atoms with E-state index < -0.39 is 122 Å². The average molecular weight is 1080 g/mol. The lowest BCUT2D eigenvalue weighted by Crippen LogP contribution is -2.61. The Balaban J connectivity index is 1.69. The van der Waals surface area contributed by atoms with Crippen LogP contribution >= 0.6 is 0 Å². The Kier molecular flexibility index (Phi) is 22.5. The van der Waals surface area contributed by atoms with Gasteiger partial charge >= 0.3 is 5.97 Å². The summed E-state index contributed by atoms with van der Waals surface area (Å²) in [6, 6.07) is -1.22. The molecule has 15 nitrogen and oxygen atoms in total. The number of Topliss-reactive ketones (excluding diaryl/α,β-unsaturated/α-hetero) is 3. The largest absolute Gasteiger partial charge is 0.460 e. The van der Waals surface area contributed by atoms with E-state index >= 15 is 0 Å². The number of ether oxygens (including phenoxy) is 6. The predicted molar refractivity (Wildman–Crippen MR) is 292 cm³/mol. The van der Waals surface area contributed by atoms with Crippen molar-refractivity contribution in [1.29, 1.82) is 0 Å². The molecule has 0 aromatic carbocycles. The monoisotopic (exact) mass is 1080 g/mol. The first-order valence-corrected chi connectivity index (χ1v) is 30.4. The highest BCUT2D eigenvalue weighted by Gasteiger charge is 2.53. The van der Waals surface area contributed by atoms with E-state index in [1.54, 1.807) is 40.9 Å². The Labute approximate surface area is 456 Å². The zero-order valence-electron chi connectivity index (χ0n) is 52.0. The summed E-state index contributed by atoms with van der Waals surface area (Å²) in [7, 11) is 1.64. The minimum absolute atomic E-state index is 0.0138. The van der Waals surface area contributed by atoms with Gasteiger partial charge in [-0.15, -0.1) is 0 Å². The minimum Gasteiger partial charge on any atom is -0.460 e. The van der Waals surface area contributed by atoms with Gasteiger partial charge in [-0.2, -0.15) is 0 Å². The summed E-state index contributed by atoms with van der Waals surface area (Å²) >= 11 is 0. The molecular formula is C59H97NO14Si. The molecule has 3 heterocycles. The summed E-state index contributed by atoms with van der Waals surface area (Å²) in [5, 5.41) is 23.2. The van der Waals surface area contributed by atoms with Crippen LogP contribution in [0.2, 0.25) is 18.1 Å². The van der Waals surface area contributed by atoms with E-state index in [4.69, 9.17) is 38.3 Å². The molecule has 16 heteroatoms. The molecule has 15 atom stereocenters. The predicted octanol–water partition coefficient (Wildman–Crippen LogP) is 9.23. The van der Waals surface area contributed by atoms with Gasteiger partial charge in [-0.1, -0.05) is 91.8 Å². The maximum atomic E-state index is 14.7. The standard InChI is InChI=1S/C59H97NO14Si/c1-37-21-17-16-18-22-38(2)49(68-11)35-45-26-24-43(7)59(67,74-45)55(64)56(65)60-28-20-19-23-46(60)57(66)73-50(36-47(61)39(3)32-42(6)53(63)54(70-13)52(62)41(5)31-37)40(4)33-44-25-27-48(51(34-44)69-12)71-29-30-72-75(14,15)58(8,9)10/h16-18,21-22,32,37,39-41,43-46,48-51,53-54,63,67H,19-20,23-31,33-36H2,1-15H3/t37-,39-,40-,41-,43-,44+,45+,46+,48-,49+,50+,51-,53-,54+,59-/m1/s1/i29D2,30D2. The number of ketones is 3. The Morgan fingerprint density at radius 3 is 2.23 bits per heavy atom. The highest BCUT2D eigenvalue weighted by molar-refractivity contribution is 6.74. The molecule has 1 amide bonds. The maximum absolute atomic E-state index is 14.7. The molecule has 0 unspecified atom stereocenters. The lowest BCUT2D eigenvalue weighted by Gasteiger charge is -2.42. The number of fused-ring (bicyclic) bond motifs is 3. The Bertz CT molecular complexity index is 2210. The molecule has 75 heavy (non-hydrogen) atoms. The zero-order chi connectivity index (χ0) is 59.6. The van der Waals surface area contributed by atoms with E-state index in [2.05, 4.69) is 0 Å². The van der Waals surface area contributed by atoms with E-state index in [0.29, 0.717) is 63.4 Å². The van der Waals surface area contributed by atoms with Crippen LogP contribution in [-0.2, 0) is 56.8 Å². The SMILES string of the molecule is [2H]C([2H])(O[C@@H]1CC[C@@H](C[C@@H](C)[C@@H]2CC(=O)[C@H](C)C=C(C)[C@@H](O)[C@@H](OC)C(=O)[C@H](C)C[C@H](C)C=CC=CC=C(C)[C@@H](OC)C[C@@H]3CC[C@@H](C)[C@@](O)(O3)C(=O)C(=O)N3CCCC[C@H]3C(=O)O2)C[C@H]1OC)C([2H])([2H])O[Si](C)(C)C(C)(C)C. The molecule has 3 aliphatic heterocycles. The molecule has 2 bridgehead atoms. The number of carbonyl (C=O) groups is 5. The minimum atomic E-state index is -2.83. The van der Waals surface area contributed by atoms with Crippen LogP contribution in [0.15, 0.2) is 47.6 Å². The third-order valence-corrected chi connectivity index (χ3v) is 21.0. The van der Waals surface area contributed by atoms with Crippen LogP contribution in [0, 0.1) is 35.5 Å². The van der Waals surface area contributed by atoms with Crippen LogP contribution in [-0.4, -0.2) is 148 Å². The van der Waals surface area contributed by atoms with Gasteiger partial charge in [0.15, 0.2) is 14.1 Å². The molecule has 0 spiro atoms. The number of hydrogen-bond acceptors (Lipinski definition) is 14. The third kappa shape index (κ3) is 17.7. The molecule has 2 N–H and O–H groups in total. The summed E-state index contributed by atoms with van der Waals surface area (Å²) in [5.41, 5.74) is 1.20. The van der Waals surface area contributed by atoms with Crippen LogP contribution in [0.1, 0.15) is 152 Å². The van der Waals surface area contributed by atoms with Gasteiger partial charge in [-0.25, -0.2) is 4.79 Å². The average Bonchev–Trinajstić information content (AvgIpc) is 3.44. The number of carbonyl (C=O) groups excluding carboxylic acids is 5. The number of allylic oxidation sites excluding steroid dienone is 6. The molecular weight excluding hydrogens is 975 g/mol. The number of aliphatic hydroxyl groups excluding tert-OH is 1. The number of amides is 1. The normalized spacial score (nSPS) is 36.0. The van der Waals surface area contributed by atoms with Crippen LogP contribution < -0.4 is 0 Å². The van der Waals surface area contributed by atoms with E-state index in [-0.39, 0.29) is 49.2 Å². The first-order chi connectivity index (χ1) is 36.6. The van der Waals surface area contributed by atoms with Crippen molar-refractivity contribution in [1.82, 2.24) is 4.90 Å². The Hall–Kier alpha value is -3.19.